The van der Waals surface area contributed by atoms with E-state index in [0.717, 1.165) is 22.8 Å². The van der Waals surface area contributed by atoms with E-state index in [2.05, 4.69) is 9.88 Å². The molecule has 0 unspecified atom stereocenters. The zero-order valence-electron chi connectivity index (χ0n) is 16.5. The highest BCUT2D eigenvalue weighted by Crippen LogP contribution is 2.43. The van der Waals surface area contributed by atoms with Gasteiger partial charge in [0.25, 0.3) is 0 Å². The van der Waals surface area contributed by atoms with Crippen LogP contribution >= 0.6 is 11.3 Å². The molecule has 152 valence electrons. The Morgan fingerprint density at radius 3 is 2.45 bits per heavy atom. The molecule has 2 amide bonds. The summed E-state index contributed by atoms with van der Waals surface area (Å²) in [6.07, 6.45) is 2.04. The Morgan fingerprint density at radius 1 is 1.07 bits per heavy atom. The molecule has 0 spiro atoms. The molecule has 3 heterocycles. The fourth-order valence-electron chi connectivity index (χ4n) is 3.74. The van der Waals surface area contributed by atoms with Gasteiger partial charge in [-0.2, -0.15) is 0 Å². The van der Waals surface area contributed by atoms with Gasteiger partial charge in [0, 0.05) is 25.0 Å². The number of carbonyl (C=O) groups excluding carboxylic acids is 1. The molecule has 0 bridgehead atoms. The van der Waals surface area contributed by atoms with Gasteiger partial charge in [-0.3, -0.25) is 5.32 Å². The van der Waals surface area contributed by atoms with Gasteiger partial charge in [0.1, 0.15) is 0 Å². The van der Waals surface area contributed by atoms with Gasteiger partial charge in [0.2, 0.25) is 5.75 Å². The summed E-state index contributed by atoms with van der Waals surface area (Å²) in [7, 11) is 4.75. The van der Waals surface area contributed by atoms with E-state index in [1.807, 2.05) is 52.9 Å². The second-order valence-corrected chi connectivity index (χ2v) is 7.54. The average molecular weight is 413 g/mol. The Labute approximate surface area is 173 Å². The normalized spacial score (nSPS) is 15.6. The van der Waals surface area contributed by atoms with Gasteiger partial charge in [-0.1, -0.05) is 0 Å². The predicted octanol–water partition coefficient (Wildman–Crippen LogP) is 4.21. The summed E-state index contributed by atoms with van der Waals surface area (Å²) < 4.78 is 18.7. The molecular formula is C21H23N3O4S. The average Bonchev–Trinajstić information content (AvgIpc) is 3.43. The summed E-state index contributed by atoms with van der Waals surface area (Å²) in [4.78, 5) is 15.0. The molecule has 1 atom stereocenters. The van der Waals surface area contributed by atoms with Crippen molar-refractivity contribution in [2.24, 2.45) is 0 Å². The summed E-state index contributed by atoms with van der Waals surface area (Å²) in [5.74, 6) is 1.65. The van der Waals surface area contributed by atoms with E-state index in [9.17, 15) is 4.79 Å². The van der Waals surface area contributed by atoms with Crippen LogP contribution in [0, 0.1) is 0 Å². The van der Waals surface area contributed by atoms with Crippen LogP contribution in [0.25, 0.3) is 0 Å². The van der Waals surface area contributed by atoms with Gasteiger partial charge >= 0.3 is 6.03 Å². The first kappa shape index (κ1) is 19.2. The third-order valence-electron chi connectivity index (χ3n) is 5.05. The highest BCUT2D eigenvalue weighted by Gasteiger charge is 2.33. The highest BCUT2D eigenvalue weighted by atomic mass is 32.1. The van der Waals surface area contributed by atoms with Gasteiger partial charge in [-0.25, -0.2) is 4.79 Å². The lowest BCUT2D eigenvalue weighted by atomic mass is 9.99. The van der Waals surface area contributed by atoms with Crippen molar-refractivity contribution in [1.82, 2.24) is 9.47 Å². The number of benzene rings is 1. The largest absolute Gasteiger partial charge is 0.493 e. The fourth-order valence-corrected chi connectivity index (χ4v) is 4.35. The number of nitrogens with zero attached hydrogens (tertiary/aromatic N) is 2. The Kier molecular flexibility index (Phi) is 5.35. The maximum absolute atomic E-state index is 13.1. The number of hydrogen-bond acceptors (Lipinski definition) is 5. The van der Waals surface area contributed by atoms with Crippen molar-refractivity contribution in [3.63, 3.8) is 0 Å². The standard InChI is InChI=1S/C21H23N3O4S/c1-26-16-12-14(13-17(27-2)20(16)28-3)19-15-6-4-8-23(15)9-10-24(19)21(25)22-18-7-5-11-29-18/h4-8,11-13,19H,9-10H2,1-3H3,(H,22,25)/t19-/m1/s1. The number of anilines is 1. The molecule has 2 aromatic heterocycles. The Bertz CT molecular complexity index is 974. The molecule has 3 aromatic rings. The number of amides is 2. The van der Waals surface area contributed by atoms with Crippen molar-refractivity contribution in [2.75, 3.05) is 33.2 Å². The van der Waals surface area contributed by atoms with Crippen molar-refractivity contribution in [1.29, 1.82) is 0 Å². The molecule has 1 aliphatic rings. The number of nitrogens with one attached hydrogen (secondary N) is 1. The van der Waals surface area contributed by atoms with Crippen molar-refractivity contribution in [3.8, 4) is 17.2 Å². The molecule has 0 fully saturated rings. The summed E-state index contributed by atoms with van der Waals surface area (Å²) in [6.45, 7) is 1.32. The van der Waals surface area contributed by atoms with E-state index in [0.29, 0.717) is 23.8 Å². The minimum absolute atomic E-state index is 0.140. The lowest BCUT2D eigenvalue weighted by Gasteiger charge is -2.37. The Hall–Kier alpha value is -3.13. The first-order valence-electron chi connectivity index (χ1n) is 9.22. The van der Waals surface area contributed by atoms with Crippen LogP contribution < -0.4 is 19.5 Å². The van der Waals surface area contributed by atoms with Crippen molar-refractivity contribution < 1.29 is 19.0 Å². The van der Waals surface area contributed by atoms with Crippen molar-refractivity contribution in [3.05, 3.63) is 59.2 Å². The van der Waals surface area contributed by atoms with E-state index in [-0.39, 0.29) is 12.1 Å². The Morgan fingerprint density at radius 2 is 1.83 bits per heavy atom. The molecule has 0 saturated carbocycles. The van der Waals surface area contributed by atoms with Crippen LogP contribution in [-0.4, -0.2) is 43.4 Å². The number of ether oxygens (including phenoxy) is 3. The molecule has 1 aromatic carbocycles. The van der Waals surface area contributed by atoms with E-state index < -0.39 is 0 Å². The first-order valence-corrected chi connectivity index (χ1v) is 10.1. The molecule has 0 saturated heterocycles. The molecule has 4 rings (SSSR count). The van der Waals surface area contributed by atoms with Crippen LogP contribution in [0.3, 0.4) is 0 Å². The lowest BCUT2D eigenvalue weighted by molar-refractivity contribution is 0.181. The number of hydrogen-bond donors (Lipinski definition) is 1. The molecule has 1 aliphatic heterocycles. The van der Waals surface area contributed by atoms with Crippen molar-refractivity contribution in [2.45, 2.75) is 12.6 Å². The molecule has 0 radical (unpaired) electrons. The number of thiophene rings is 1. The Balaban J connectivity index is 1.78. The smallest absolute Gasteiger partial charge is 0.323 e. The van der Waals surface area contributed by atoms with Crippen LogP contribution in [0.1, 0.15) is 17.3 Å². The molecule has 1 N–H and O–H groups in total. The van der Waals surface area contributed by atoms with Crippen LogP contribution in [0.4, 0.5) is 9.80 Å². The van der Waals surface area contributed by atoms with E-state index in [4.69, 9.17) is 14.2 Å². The van der Waals surface area contributed by atoms with Crippen LogP contribution in [0.2, 0.25) is 0 Å². The number of fused-ring (bicyclic) bond motifs is 1. The minimum Gasteiger partial charge on any atom is -0.493 e. The monoisotopic (exact) mass is 413 g/mol. The zero-order valence-corrected chi connectivity index (χ0v) is 17.4. The topological polar surface area (TPSA) is 65.0 Å². The summed E-state index contributed by atoms with van der Waals surface area (Å²) >= 11 is 1.50. The first-order chi connectivity index (χ1) is 14.2. The second kappa shape index (κ2) is 8.08. The maximum atomic E-state index is 13.1. The second-order valence-electron chi connectivity index (χ2n) is 6.59. The molecule has 8 heteroatoms. The third-order valence-corrected chi connectivity index (χ3v) is 5.84. The number of methoxy groups -OCH3 is 3. The molecular weight excluding hydrogens is 390 g/mol. The lowest BCUT2D eigenvalue weighted by Crippen LogP contribution is -2.44. The van der Waals surface area contributed by atoms with Gasteiger partial charge < -0.3 is 23.7 Å². The quantitative estimate of drug-likeness (QED) is 0.680. The molecule has 7 nitrogen and oxygen atoms in total. The molecule has 0 aliphatic carbocycles. The third kappa shape index (κ3) is 3.51. The van der Waals surface area contributed by atoms with E-state index in [1.165, 1.54) is 11.3 Å². The van der Waals surface area contributed by atoms with Gasteiger partial charge in [0.05, 0.1) is 32.4 Å². The zero-order chi connectivity index (χ0) is 20.4. The highest BCUT2D eigenvalue weighted by molar-refractivity contribution is 7.14. The van der Waals surface area contributed by atoms with Crippen LogP contribution in [-0.2, 0) is 6.54 Å². The number of carbonyl (C=O) groups is 1. The summed E-state index contributed by atoms with van der Waals surface area (Å²) in [6, 6.07) is 11.2. The van der Waals surface area contributed by atoms with E-state index in [1.54, 1.807) is 21.3 Å². The van der Waals surface area contributed by atoms with E-state index >= 15 is 0 Å². The van der Waals surface area contributed by atoms with Gasteiger partial charge in [-0.05, 0) is 47.3 Å². The fraction of sp³-hybridized carbons (Fsp3) is 0.286. The summed E-state index contributed by atoms with van der Waals surface area (Å²) in [5, 5.41) is 5.76. The van der Waals surface area contributed by atoms with Crippen molar-refractivity contribution >= 4 is 22.4 Å². The van der Waals surface area contributed by atoms with Crippen LogP contribution in [0.15, 0.2) is 48.0 Å². The van der Waals surface area contributed by atoms with Gasteiger partial charge in [0.15, 0.2) is 11.5 Å². The summed E-state index contributed by atoms with van der Waals surface area (Å²) in [5.41, 5.74) is 1.92. The number of rotatable bonds is 5. The predicted molar refractivity (Wildman–Crippen MR) is 112 cm³/mol. The minimum atomic E-state index is -0.285. The maximum Gasteiger partial charge on any atom is 0.323 e. The SMILES string of the molecule is COc1cc([C@@H]2c3cccn3CCN2C(=O)Nc2cccs2)cc(OC)c1OC. The number of urea groups is 1. The molecule has 29 heavy (non-hydrogen) atoms. The number of aromatic nitrogens is 1. The van der Waals surface area contributed by atoms with Crippen LogP contribution in [0.5, 0.6) is 17.2 Å². The van der Waals surface area contributed by atoms with Gasteiger partial charge in [-0.15, -0.1) is 11.3 Å².